The number of hydrogen-bond donors (Lipinski definition) is 1. The molecule has 0 atom stereocenters. The highest BCUT2D eigenvalue weighted by atomic mass is 79.9. The highest BCUT2D eigenvalue weighted by Crippen LogP contribution is 2.35. The maximum absolute atomic E-state index is 13.9. The van der Waals surface area contributed by atoms with Gasteiger partial charge in [0, 0.05) is 5.75 Å². The number of benzene rings is 2. The van der Waals surface area contributed by atoms with Crippen LogP contribution in [0.4, 0.5) is 22.0 Å². The van der Waals surface area contributed by atoms with Gasteiger partial charge in [0.05, 0.1) is 21.8 Å². The number of hydrogen-bond acceptors (Lipinski definition) is 3. The summed E-state index contributed by atoms with van der Waals surface area (Å²) in [5, 5.41) is 6.92. The Hall–Kier alpha value is -1.94. The summed E-state index contributed by atoms with van der Waals surface area (Å²) in [5.74, 6) is -2.50. The molecule has 0 unspecified atom stereocenters. The first-order chi connectivity index (χ1) is 12.2. The molecule has 0 saturated heterocycles. The van der Waals surface area contributed by atoms with Crippen molar-refractivity contribution in [1.82, 2.24) is 0 Å². The zero-order valence-corrected chi connectivity index (χ0v) is 15.3. The van der Waals surface area contributed by atoms with Crippen molar-refractivity contribution in [2.45, 2.75) is 11.9 Å². The van der Waals surface area contributed by atoms with Crippen LogP contribution in [0.5, 0.6) is 0 Å². The Bertz CT molecular complexity index is 838. The highest BCUT2D eigenvalue weighted by Gasteiger charge is 2.36. The van der Waals surface area contributed by atoms with Gasteiger partial charge < -0.3 is 5.73 Å². The van der Waals surface area contributed by atoms with Crippen LogP contribution in [0, 0.1) is 11.6 Å². The smallest absolute Gasteiger partial charge is 0.377 e. The average molecular weight is 452 g/mol. The van der Waals surface area contributed by atoms with E-state index in [2.05, 4.69) is 26.1 Å². The van der Waals surface area contributed by atoms with Crippen LogP contribution in [0.2, 0.25) is 0 Å². The SMILES string of the molecule is NC(=NN=Cc1c(F)c(Br)cc(C(F)(F)F)c1F)SCc1ccccc1. The fraction of sp³-hybridized carbons (Fsp3) is 0.125. The van der Waals surface area contributed by atoms with E-state index in [4.69, 9.17) is 5.73 Å². The van der Waals surface area contributed by atoms with Gasteiger partial charge in [-0.05, 0) is 27.6 Å². The second-order valence-corrected chi connectivity index (χ2v) is 6.75. The van der Waals surface area contributed by atoms with E-state index in [0.29, 0.717) is 18.0 Å². The Morgan fingerprint density at radius 1 is 1.15 bits per heavy atom. The Morgan fingerprint density at radius 2 is 1.81 bits per heavy atom. The molecule has 0 amide bonds. The first kappa shape index (κ1) is 20.4. The molecule has 0 heterocycles. The van der Waals surface area contributed by atoms with Crippen LogP contribution in [0.3, 0.4) is 0 Å². The minimum Gasteiger partial charge on any atom is -0.377 e. The molecule has 0 aromatic heterocycles. The summed E-state index contributed by atoms with van der Waals surface area (Å²) in [6, 6.07) is 9.61. The lowest BCUT2D eigenvalue weighted by molar-refractivity contribution is -0.140. The summed E-state index contributed by atoms with van der Waals surface area (Å²) in [6.07, 6.45) is -4.42. The van der Waals surface area contributed by atoms with Crippen LogP contribution >= 0.6 is 27.7 Å². The van der Waals surface area contributed by atoms with E-state index in [1.165, 1.54) is 0 Å². The van der Waals surface area contributed by atoms with Crippen molar-refractivity contribution in [1.29, 1.82) is 0 Å². The molecule has 2 N–H and O–H groups in total. The van der Waals surface area contributed by atoms with Crippen LogP contribution in [0.25, 0.3) is 0 Å². The number of nitrogens with two attached hydrogens (primary N) is 1. The standard InChI is InChI=1S/C16H11BrF5N3S/c17-12-6-11(16(20,21)22)13(18)10(14(12)19)7-24-25-15(23)26-8-9-4-2-1-3-5-9/h1-7H,8H2,(H2,23,25). The van der Waals surface area contributed by atoms with E-state index >= 15 is 0 Å². The van der Waals surface area contributed by atoms with E-state index in [9.17, 15) is 22.0 Å². The third-order valence-corrected chi connectivity index (χ3v) is 4.50. The molecule has 2 rings (SSSR count). The number of rotatable bonds is 4. The molecular weight excluding hydrogens is 441 g/mol. The second kappa shape index (κ2) is 8.63. The second-order valence-electron chi connectivity index (χ2n) is 4.90. The van der Waals surface area contributed by atoms with Crippen LogP contribution in [-0.2, 0) is 11.9 Å². The Kier molecular flexibility index (Phi) is 6.76. The molecule has 10 heteroatoms. The quantitative estimate of drug-likeness (QED) is 0.224. The first-order valence-electron chi connectivity index (χ1n) is 6.98. The van der Waals surface area contributed by atoms with Crippen molar-refractivity contribution in [2.24, 2.45) is 15.9 Å². The lowest BCUT2D eigenvalue weighted by Gasteiger charge is -2.11. The van der Waals surface area contributed by atoms with Crippen molar-refractivity contribution >= 4 is 39.1 Å². The molecule has 138 valence electrons. The monoisotopic (exact) mass is 451 g/mol. The number of halogens is 6. The summed E-state index contributed by atoms with van der Waals surface area (Å²) in [4.78, 5) is 0. The molecule has 2 aromatic carbocycles. The van der Waals surface area contributed by atoms with E-state index in [1.54, 1.807) is 0 Å². The number of alkyl halides is 3. The normalized spacial score (nSPS) is 12.8. The summed E-state index contributed by atoms with van der Waals surface area (Å²) >= 11 is 3.75. The van der Waals surface area contributed by atoms with Gasteiger partial charge >= 0.3 is 6.18 Å². The molecule has 26 heavy (non-hydrogen) atoms. The lowest BCUT2D eigenvalue weighted by Crippen LogP contribution is -2.12. The van der Waals surface area contributed by atoms with Gasteiger partial charge in [-0.1, -0.05) is 42.1 Å². The van der Waals surface area contributed by atoms with Crippen LogP contribution < -0.4 is 5.73 Å². The lowest BCUT2D eigenvalue weighted by atomic mass is 10.1. The summed E-state index contributed by atoms with van der Waals surface area (Å²) in [5.41, 5.74) is 4.01. The fourth-order valence-electron chi connectivity index (χ4n) is 1.85. The molecule has 0 aliphatic rings. The van der Waals surface area contributed by atoms with Crippen molar-refractivity contribution < 1.29 is 22.0 Å². The van der Waals surface area contributed by atoms with E-state index < -0.39 is 33.4 Å². The van der Waals surface area contributed by atoms with E-state index in [1.807, 2.05) is 30.3 Å². The third-order valence-electron chi connectivity index (χ3n) is 3.07. The minimum atomic E-state index is -4.98. The molecule has 0 aliphatic heterocycles. The molecule has 0 spiro atoms. The zero-order valence-electron chi connectivity index (χ0n) is 12.9. The van der Waals surface area contributed by atoms with Crippen LogP contribution in [-0.4, -0.2) is 11.4 Å². The Morgan fingerprint density at radius 3 is 2.42 bits per heavy atom. The fourth-order valence-corrected chi connectivity index (χ4v) is 2.90. The van der Waals surface area contributed by atoms with E-state index in [0.717, 1.165) is 17.3 Å². The molecule has 0 fully saturated rings. The molecule has 0 radical (unpaired) electrons. The van der Waals surface area contributed by atoms with Gasteiger partial charge in [-0.2, -0.15) is 18.3 Å². The van der Waals surface area contributed by atoms with Crippen molar-refractivity contribution in [2.75, 3.05) is 0 Å². The molecule has 0 aliphatic carbocycles. The Labute approximate surface area is 158 Å². The number of thioether (sulfide) groups is 1. The molecule has 0 bridgehead atoms. The summed E-state index contributed by atoms with van der Waals surface area (Å²) in [7, 11) is 0. The minimum absolute atomic E-state index is 0.00281. The zero-order chi connectivity index (χ0) is 19.3. The van der Waals surface area contributed by atoms with Gasteiger partial charge in [0.2, 0.25) is 0 Å². The van der Waals surface area contributed by atoms with Gasteiger partial charge in [0.15, 0.2) is 5.17 Å². The highest BCUT2D eigenvalue weighted by molar-refractivity contribution is 9.10. The number of amidine groups is 1. The number of nitrogens with zero attached hydrogens (tertiary/aromatic N) is 2. The first-order valence-corrected chi connectivity index (χ1v) is 8.76. The van der Waals surface area contributed by atoms with Crippen LogP contribution in [0.15, 0.2) is 51.1 Å². The predicted molar refractivity (Wildman–Crippen MR) is 96.0 cm³/mol. The van der Waals surface area contributed by atoms with E-state index in [-0.39, 0.29) is 5.17 Å². The molecule has 0 saturated carbocycles. The molecule has 3 nitrogen and oxygen atoms in total. The largest absolute Gasteiger partial charge is 0.419 e. The van der Waals surface area contributed by atoms with Crippen LogP contribution in [0.1, 0.15) is 16.7 Å². The average Bonchev–Trinajstić information content (AvgIpc) is 2.59. The van der Waals surface area contributed by atoms with Gasteiger partial charge in [-0.3, -0.25) is 0 Å². The Balaban J connectivity index is 2.18. The van der Waals surface area contributed by atoms with Crippen molar-refractivity contribution in [3.05, 3.63) is 69.2 Å². The summed E-state index contributed by atoms with van der Waals surface area (Å²) < 4.78 is 65.6. The third kappa shape index (κ3) is 5.28. The summed E-state index contributed by atoms with van der Waals surface area (Å²) in [6.45, 7) is 0. The molecular formula is C16H11BrF5N3S. The topological polar surface area (TPSA) is 50.7 Å². The van der Waals surface area contributed by atoms with Gasteiger partial charge in [0.25, 0.3) is 0 Å². The van der Waals surface area contributed by atoms with Gasteiger partial charge in [0.1, 0.15) is 11.6 Å². The maximum Gasteiger partial charge on any atom is 0.419 e. The van der Waals surface area contributed by atoms with Crippen molar-refractivity contribution in [3.63, 3.8) is 0 Å². The molecule has 2 aromatic rings. The van der Waals surface area contributed by atoms with Gasteiger partial charge in [-0.25, -0.2) is 8.78 Å². The predicted octanol–water partition coefficient (Wildman–Crippen LogP) is 5.33. The van der Waals surface area contributed by atoms with Gasteiger partial charge in [-0.15, -0.1) is 5.10 Å². The maximum atomic E-state index is 13.9. The van der Waals surface area contributed by atoms with Crippen molar-refractivity contribution in [3.8, 4) is 0 Å².